The third-order valence-corrected chi connectivity index (χ3v) is 1.94. The molecule has 0 N–H and O–H groups in total. The summed E-state index contributed by atoms with van der Waals surface area (Å²) in [6.45, 7) is 2.14. The van der Waals surface area contributed by atoms with Crippen LogP contribution in [-0.2, 0) is 0 Å². The summed E-state index contributed by atoms with van der Waals surface area (Å²) in [6.07, 6.45) is 6.14. The first-order valence-corrected chi connectivity index (χ1v) is 3.70. The van der Waals surface area contributed by atoms with Gasteiger partial charge in [-0.15, -0.1) is 5.76 Å². The molecule has 0 aromatic carbocycles. The Morgan fingerprint density at radius 3 is 2.64 bits per heavy atom. The molecule has 11 heavy (non-hydrogen) atoms. The fourth-order valence-electron chi connectivity index (χ4n) is 1.29. The van der Waals surface area contributed by atoms with Gasteiger partial charge < -0.3 is 22.1 Å². The number of hydrogen-bond donors (Lipinski definition) is 0. The van der Waals surface area contributed by atoms with E-state index in [1.54, 1.807) is 0 Å². The van der Waals surface area contributed by atoms with Crippen molar-refractivity contribution in [2.75, 3.05) is 0 Å². The van der Waals surface area contributed by atoms with E-state index in [1.807, 2.05) is 6.08 Å². The van der Waals surface area contributed by atoms with Crippen LogP contribution in [0.1, 0.15) is 32.6 Å². The molecule has 0 fully saturated rings. The van der Waals surface area contributed by atoms with Gasteiger partial charge in [0.05, 0.1) is 0 Å². The third-order valence-electron chi connectivity index (χ3n) is 1.94. The molecule has 1 rings (SSSR count). The predicted molar refractivity (Wildman–Crippen MR) is 41.5 cm³/mol. The molecular formula is C8H13BrMgO. The van der Waals surface area contributed by atoms with Crippen LogP contribution < -0.4 is 22.1 Å². The number of rotatable bonds is 1. The summed E-state index contributed by atoms with van der Waals surface area (Å²) in [5, 5.41) is 10.8. The monoisotopic (exact) mass is 228 g/mol. The second-order valence-corrected chi connectivity index (χ2v) is 2.69. The summed E-state index contributed by atoms with van der Waals surface area (Å²) in [5.74, 6) is 0.944. The molecule has 0 aromatic heterocycles. The first-order chi connectivity index (χ1) is 4.33. The van der Waals surface area contributed by atoms with Crippen molar-refractivity contribution in [1.29, 1.82) is 0 Å². The smallest absolute Gasteiger partial charge is 1.00 e. The van der Waals surface area contributed by atoms with Gasteiger partial charge in [0.2, 0.25) is 0 Å². The van der Waals surface area contributed by atoms with E-state index in [0.29, 0.717) is 11.7 Å². The van der Waals surface area contributed by atoms with Crippen molar-refractivity contribution in [3.05, 3.63) is 11.8 Å². The summed E-state index contributed by atoms with van der Waals surface area (Å²) >= 11 is 0. The molecule has 1 nitrogen and oxygen atoms in total. The van der Waals surface area contributed by atoms with Gasteiger partial charge in [-0.05, 0) is 31.6 Å². The molecule has 3 heteroatoms. The van der Waals surface area contributed by atoms with E-state index < -0.39 is 0 Å². The van der Waals surface area contributed by atoms with Crippen molar-refractivity contribution in [2.24, 2.45) is 5.92 Å². The molecule has 0 bridgehead atoms. The average Bonchev–Trinajstić information content (AvgIpc) is 1.88. The van der Waals surface area contributed by atoms with Crippen LogP contribution in [0.15, 0.2) is 11.8 Å². The van der Waals surface area contributed by atoms with Crippen molar-refractivity contribution >= 4 is 23.1 Å². The molecule has 0 amide bonds. The summed E-state index contributed by atoms with van der Waals surface area (Å²) in [5.41, 5.74) is 0. The minimum absolute atomic E-state index is 0. The number of halogens is 1. The maximum atomic E-state index is 10.8. The van der Waals surface area contributed by atoms with Crippen LogP contribution in [0.4, 0.5) is 0 Å². The van der Waals surface area contributed by atoms with Crippen molar-refractivity contribution in [3.8, 4) is 0 Å². The van der Waals surface area contributed by atoms with Crippen LogP contribution in [0, 0.1) is 5.92 Å². The summed E-state index contributed by atoms with van der Waals surface area (Å²) in [7, 11) is 0. The SMILES string of the molecule is CCC1C=C([O-])CCC1.[Br-].[Mg+2]. The first-order valence-electron chi connectivity index (χ1n) is 3.70. The molecule has 0 spiro atoms. The van der Waals surface area contributed by atoms with E-state index in [9.17, 15) is 5.11 Å². The molecule has 0 saturated heterocycles. The van der Waals surface area contributed by atoms with Gasteiger partial charge in [-0.2, -0.15) is 0 Å². The molecule has 1 aliphatic carbocycles. The Bertz CT molecular complexity index is 125. The standard InChI is InChI=1S/C8H14O.BrH.Mg/c1-2-7-4-3-5-8(9)6-7;;/h6-7,9H,2-5H2,1H3;1H;/q;;+2/p-2. The van der Waals surface area contributed by atoms with Crippen LogP contribution in [0.25, 0.3) is 0 Å². The van der Waals surface area contributed by atoms with Crippen LogP contribution >= 0.6 is 0 Å². The summed E-state index contributed by atoms with van der Waals surface area (Å²) < 4.78 is 0. The fraction of sp³-hybridized carbons (Fsp3) is 0.750. The van der Waals surface area contributed by atoms with Gasteiger partial charge >= 0.3 is 23.1 Å². The zero-order valence-corrected chi connectivity index (χ0v) is 9.98. The maximum Gasteiger partial charge on any atom is 2.00 e. The van der Waals surface area contributed by atoms with Crippen LogP contribution in [0.5, 0.6) is 0 Å². The molecule has 1 aliphatic rings. The largest absolute Gasteiger partial charge is 2.00 e. The maximum absolute atomic E-state index is 10.8. The third kappa shape index (κ3) is 5.09. The minimum atomic E-state index is 0. The first kappa shape index (κ1) is 14.3. The Kier molecular flexibility index (Phi) is 9.68. The van der Waals surface area contributed by atoms with Gasteiger partial charge in [-0.1, -0.05) is 13.0 Å². The van der Waals surface area contributed by atoms with Crippen molar-refractivity contribution in [1.82, 2.24) is 0 Å². The van der Waals surface area contributed by atoms with Gasteiger partial charge in [0.1, 0.15) is 0 Å². The molecule has 1 unspecified atom stereocenters. The van der Waals surface area contributed by atoms with Crippen molar-refractivity contribution in [2.45, 2.75) is 32.6 Å². The molecule has 1 atom stereocenters. The molecule has 60 valence electrons. The zero-order chi connectivity index (χ0) is 6.69. The summed E-state index contributed by atoms with van der Waals surface area (Å²) in [6, 6.07) is 0. The topological polar surface area (TPSA) is 23.1 Å². The molecule has 0 saturated carbocycles. The Morgan fingerprint density at radius 2 is 2.27 bits per heavy atom. The number of allylic oxidation sites excluding steroid dienone is 2. The molecule has 0 heterocycles. The van der Waals surface area contributed by atoms with Crippen molar-refractivity contribution in [3.63, 3.8) is 0 Å². The van der Waals surface area contributed by atoms with E-state index in [-0.39, 0.29) is 40.0 Å². The van der Waals surface area contributed by atoms with E-state index >= 15 is 0 Å². The summed E-state index contributed by atoms with van der Waals surface area (Å²) in [4.78, 5) is 0. The Hall–Kier alpha value is 0.786. The normalized spacial score (nSPS) is 22.6. The fourth-order valence-corrected chi connectivity index (χ4v) is 1.29. The Morgan fingerprint density at radius 1 is 1.64 bits per heavy atom. The van der Waals surface area contributed by atoms with Gasteiger partial charge in [0, 0.05) is 0 Å². The van der Waals surface area contributed by atoms with E-state index in [1.165, 1.54) is 6.42 Å². The van der Waals surface area contributed by atoms with Crippen LogP contribution in [0.2, 0.25) is 0 Å². The minimum Gasteiger partial charge on any atom is -1.00 e. The van der Waals surface area contributed by atoms with E-state index in [2.05, 4.69) is 6.92 Å². The molecular weight excluding hydrogens is 216 g/mol. The molecule has 0 aromatic rings. The average molecular weight is 229 g/mol. The van der Waals surface area contributed by atoms with Gasteiger partial charge in [-0.25, -0.2) is 0 Å². The Labute approximate surface area is 95.2 Å². The van der Waals surface area contributed by atoms with E-state index in [0.717, 1.165) is 19.3 Å². The van der Waals surface area contributed by atoms with Gasteiger partial charge in [0.25, 0.3) is 0 Å². The van der Waals surface area contributed by atoms with Gasteiger partial charge in [0.15, 0.2) is 0 Å². The zero-order valence-electron chi connectivity index (χ0n) is 6.98. The van der Waals surface area contributed by atoms with E-state index in [4.69, 9.17) is 0 Å². The predicted octanol–water partition coefficient (Wildman–Crippen LogP) is -1.94. The molecule has 0 radical (unpaired) electrons. The quantitative estimate of drug-likeness (QED) is 0.480. The number of hydrogen-bond acceptors (Lipinski definition) is 1. The van der Waals surface area contributed by atoms with Crippen LogP contribution in [0.3, 0.4) is 0 Å². The second kappa shape index (κ2) is 7.44. The van der Waals surface area contributed by atoms with Gasteiger partial charge in [-0.3, -0.25) is 0 Å². The Balaban J connectivity index is 0. The van der Waals surface area contributed by atoms with Crippen molar-refractivity contribution < 1.29 is 22.1 Å². The van der Waals surface area contributed by atoms with Crippen LogP contribution in [-0.4, -0.2) is 23.1 Å². The molecule has 0 aliphatic heterocycles. The second-order valence-electron chi connectivity index (χ2n) is 2.69.